The van der Waals surface area contributed by atoms with Crippen LogP contribution < -0.4 is 10.6 Å². The predicted octanol–water partition coefficient (Wildman–Crippen LogP) is 3.49. The number of nitrogens with two attached hydrogens (primary N) is 1. The van der Waals surface area contributed by atoms with E-state index in [0.29, 0.717) is 22.5 Å². The molecule has 1 amide bonds. The fourth-order valence-corrected chi connectivity index (χ4v) is 2.55. The number of nitrogens with zero attached hydrogens (tertiary/aromatic N) is 2. The van der Waals surface area contributed by atoms with Crippen molar-refractivity contribution in [1.82, 2.24) is 0 Å². The van der Waals surface area contributed by atoms with Crippen LogP contribution in [0.15, 0.2) is 40.9 Å². The first-order chi connectivity index (χ1) is 9.95. The van der Waals surface area contributed by atoms with Crippen LogP contribution in [0.5, 0.6) is 0 Å². The van der Waals surface area contributed by atoms with E-state index >= 15 is 0 Å². The zero-order valence-electron chi connectivity index (χ0n) is 11.7. The monoisotopic (exact) mass is 343 g/mol. The molecule has 0 saturated carbocycles. The van der Waals surface area contributed by atoms with Crippen LogP contribution in [-0.4, -0.2) is 13.0 Å². The number of hydrogen-bond acceptors (Lipinski definition) is 3. The van der Waals surface area contributed by atoms with Crippen LogP contribution in [-0.2, 0) is 0 Å². The van der Waals surface area contributed by atoms with Gasteiger partial charge >= 0.3 is 0 Å². The standard InChI is InChI=1S/C16H14BrN3O/c1-10-13(7-12(17)8-14(10)19)16(21)20(2)15-6-4-3-5-11(15)9-18/h3-8H,19H2,1-2H3. The Morgan fingerprint density at radius 2 is 2.00 bits per heavy atom. The number of halogens is 1. The summed E-state index contributed by atoms with van der Waals surface area (Å²) in [6.07, 6.45) is 0. The molecule has 0 bridgehead atoms. The third kappa shape index (κ3) is 2.91. The molecule has 0 unspecified atom stereocenters. The van der Waals surface area contributed by atoms with Crippen molar-refractivity contribution >= 4 is 33.2 Å². The number of para-hydroxylation sites is 1. The molecule has 0 aliphatic carbocycles. The first-order valence-corrected chi connectivity index (χ1v) is 7.07. The largest absolute Gasteiger partial charge is 0.398 e. The summed E-state index contributed by atoms with van der Waals surface area (Å²) in [6.45, 7) is 1.80. The maximum Gasteiger partial charge on any atom is 0.258 e. The molecule has 0 saturated heterocycles. The van der Waals surface area contributed by atoms with Gasteiger partial charge in [-0.2, -0.15) is 5.26 Å². The summed E-state index contributed by atoms with van der Waals surface area (Å²) >= 11 is 3.35. The predicted molar refractivity (Wildman–Crippen MR) is 87.2 cm³/mol. The summed E-state index contributed by atoms with van der Waals surface area (Å²) in [4.78, 5) is 14.1. The molecule has 0 spiro atoms. The van der Waals surface area contributed by atoms with Crippen LogP contribution in [0.3, 0.4) is 0 Å². The normalized spacial score (nSPS) is 10.0. The minimum atomic E-state index is -0.205. The molecule has 5 heteroatoms. The van der Waals surface area contributed by atoms with Crippen LogP contribution in [0, 0.1) is 18.3 Å². The lowest BCUT2D eigenvalue weighted by Crippen LogP contribution is -2.27. The van der Waals surface area contributed by atoms with E-state index in [-0.39, 0.29) is 5.91 Å². The number of amides is 1. The van der Waals surface area contributed by atoms with E-state index in [2.05, 4.69) is 22.0 Å². The Kier molecular flexibility index (Phi) is 4.29. The van der Waals surface area contributed by atoms with Crippen LogP contribution in [0.2, 0.25) is 0 Å². The topological polar surface area (TPSA) is 70.1 Å². The number of carbonyl (C=O) groups excluding carboxylic acids is 1. The molecule has 2 N–H and O–H groups in total. The van der Waals surface area contributed by atoms with Crippen molar-refractivity contribution in [1.29, 1.82) is 5.26 Å². The van der Waals surface area contributed by atoms with Crippen LogP contribution >= 0.6 is 15.9 Å². The van der Waals surface area contributed by atoms with Gasteiger partial charge in [0.1, 0.15) is 6.07 Å². The molecular weight excluding hydrogens is 330 g/mol. The van der Waals surface area contributed by atoms with E-state index in [1.807, 2.05) is 0 Å². The van der Waals surface area contributed by atoms with E-state index in [9.17, 15) is 4.79 Å². The third-order valence-electron chi connectivity index (χ3n) is 3.33. The highest BCUT2D eigenvalue weighted by Gasteiger charge is 2.19. The Labute approximate surface area is 131 Å². The van der Waals surface area contributed by atoms with Crippen molar-refractivity contribution in [3.63, 3.8) is 0 Å². The Morgan fingerprint density at radius 3 is 2.67 bits per heavy atom. The Morgan fingerprint density at radius 1 is 1.33 bits per heavy atom. The van der Waals surface area contributed by atoms with Crippen LogP contribution in [0.4, 0.5) is 11.4 Å². The molecule has 21 heavy (non-hydrogen) atoms. The maximum absolute atomic E-state index is 12.7. The zero-order chi connectivity index (χ0) is 15.6. The van der Waals surface area contributed by atoms with Gasteiger partial charge in [-0.25, -0.2) is 0 Å². The van der Waals surface area contributed by atoms with Gasteiger partial charge in [0, 0.05) is 22.8 Å². The van der Waals surface area contributed by atoms with Gasteiger partial charge in [0.05, 0.1) is 11.3 Å². The van der Waals surface area contributed by atoms with Crippen molar-refractivity contribution in [3.05, 3.63) is 57.6 Å². The van der Waals surface area contributed by atoms with Gasteiger partial charge in [-0.05, 0) is 36.8 Å². The maximum atomic E-state index is 12.7. The smallest absolute Gasteiger partial charge is 0.258 e. The van der Waals surface area contributed by atoms with Crippen molar-refractivity contribution < 1.29 is 4.79 Å². The molecule has 0 radical (unpaired) electrons. The van der Waals surface area contributed by atoms with E-state index in [4.69, 9.17) is 11.0 Å². The van der Waals surface area contributed by atoms with Gasteiger partial charge in [0.25, 0.3) is 5.91 Å². The number of rotatable bonds is 2. The first kappa shape index (κ1) is 15.1. The quantitative estimate of drug-likeness (QED) is 0.848. The van der Waals surface area contributed by atoms with Gasteiger partial charge < -0.3 is 10.6 Å². The Bertz CT molecular complexity index is 750. The average Bonchev–Trinajstić information content (AvgIpc) is 2.49. The summed E-state index contributed by atoms with van der Waals surface area (Å²) in [5, 5.41) is 9.15. The number of anilines is 2. The van der Waals surface area contributed by atoms with Gasteiger partial charge in [0.15, 0.2) is 0 Å². The fraction of sp³-hybridized carbons (Fsp3) is 0.125. The number of hydrogen-bond donors (Lipinski definition) is 1. The molecule has 2 aromatic rings. The van der Waals surface area contributed by atoms with Crippen molar-refractivity contribution in [3.8, 4) is 6.07 Å². The highest BCUT2D eigenvalue weighted by molar-refractivity contribution is 9.10. The molecular formula is C16H14BrN3O. The first-order valence-electron chi connectivity index (χ1n) is 6.28. The lowest BCUT2D eigenvalue weighted by Gasteiger charge is -2.20. The number of nitrogen functional groups attached to an aromatic ring is 1. The molecule has 0 aliphatic rings. The molecule has 0 fully saturated rings. The number of carbonyl (C=O) groups is 1. The molecule has 4 nitrogen and oxygen atoms in total. The van der Waals surface area contributed by atoms with E-state index in [1.165, 1.54) is 4.90 Å². The second-order valence-electron chi connectivity index (χ2n) is 4.66. The fourth-order valence-electron chi connectivity index (χ4n) is 2.07. The van der Waals surface area contributed by atoms with E-state index < -0.39 is 0 Å². The second-order valence-corrected chi connectivity index (χ2v) is 5.58. The van der Waals surface area contributed by atoms with Gasteiger partial charge in [-0.15, -0.1) is 0 Å². The molecule has 0 heterocycles. The minimum absolute atomic E-state index is 0.205. The van der Waals surface area contributed by atoms with Gasteiger partial charge in [0.2, 0.25) is 0 Å². The SMILES string of the molecule is Cc1c(N)cc(Br)cc1C(=O)N(C)c1ccccc1C#N. The minimum Gasteiger partial charge on any atom is -0.398 e. The van der Waals surface area contributed by atoms with Crippen molar-refractivity contribution in [2.24, 2.45) is 0 Å². The molecule has 0 aromatic heterocycles. The Hall–Kier alpha value is -2.32. The van der Waals surface area contributed by atoms with Gasteiger partial charge in [-0.3, -0.25) is 4.79 Å². The van der Waals surface area contributed by atoms with Crippen molar-refractivity contribution in [2.75, 3.05) is 17.7 Å². The highest BCUT2D eigenvalue weighted by atomic mass is 79.9. The summed E-state index contributed by atoms with van der Waals surface area (Å²) < 4.78 is 0.746. The molecule has 106 valence electrons. The zero-order valence-corrected chi connectivity index (χ0v) is 13.3. The second kappa shape index (κ2) is 5.98. The van der Waals surface area contributed by atoms with E-state index in [0.717, 1.165) is 10.0 Å². The summed E-state index contributed by atoms with van der Waals surface area (Å²) in [5.41, 5.74) is 8.71. The molecule has 0 atom stereocenters. The third-order valence-corrected chi connectivity index (χ3v) is 3.79. The van der Waals surface area contributed by atoms with E-state index in [1.54, 1.807) is 50.4 Å². The van der Waals surface area contributed by atoms with Crippen molar-refractivity contribution in [2.45, 2.75) is 6.92 Å². The molecule has 2 rings (SSSR count). The van der Waals surface area contributed by atoms with Crippen LogP contribution in [0.1, 0.15) is 21.5 Å². The number of nitriles is 1. The summed E-state index contributed by atoms with van der Waals surface area (Å²) in [7, 11) is 1.65. The lowest BCUT2D eigenvalue weighted by molar-refractivity contribution is 0.0992. The lowest BCUT2D eigenvalue weighted by atomic mass is 10.0. The Balaban J connectivity index is 2.48. The van der Waals surface area contributed by atoms with Crippen LogP contribution in [0.25, 0.3) is 0 Å². The summed E-state index contributed by atoms with van der Waals surface area (Å²) in [5.74, 6) is -0.205. The molecule has 0 aliphatic heterocycles. The van der Waals surface area contributed by atoms with Gasteiger partial charge in [-0.1, -0.05) is 28.1 Å². The highest BCUT2D eigenvalue weighted by Crippen LogP contribution is 2.26. The number of benzene rings is 2. The summed E-state index contributed by atoms with van der Waals surface area (Å²) in [6, 6.07) is 12.6. The average molecular weight is 344 g/mol. The molecule has 2 aromatic carbocycles.